The van der Waals surface area contributed by atoms with Crippen molar-refractivity contribution in [1.82, 2.24) is 15.5 Å². The number of hydrogen-bond donors (Lipinski definition) is 3. The SMILES string of the molecule is OC1CCCC(CNCc2cn[nH]c2-c2cccc(Cl)c2)C1. The van der Waals surface area contributed by atoms with Crippen LogP contribution in [-0.2, 0) is 6.54 Å². The molecule has 118 valence electrons. The summed E-state index contributed by atoms with van der Waals surface area (Å²) in [6, 6.07) is 7.78. The van der Waals surface area contributed by atoms with E-state index in [9.17, 15) is 5.11 Å². The van der Waals surface area contributed by atoms with Gasteiger partial charge in [0.2, 0.25) is 0 Å². The zero-order valence-electron chi connectivity index (χ0n) is 12.6. The van der Waals surface area contributed by atoms with Gasteiger partial charge in [-0.2, -0.15) is 5.10 Å². The third-order valence-electron chi connectivity index (χ3n) is 4.33. The third kappa shape index (κ3) is 3.88. The van der Waals surface area contributed by atoms with Crippen LogP contribution in [0, 0.1) is 5.92 Å². The van der Waals surface area contributed by atoms with Crippen LogP contribution < -0.4 is 5.32 Å². The van der Waals surface area contributed by atoms with Crippen LogP contribution in [0.3, 0.4) is 0 Å². The lowest BCUT2D eigenvalue weighted by Crippen LogP contribution is -2.28. The minimum absolute atomic E-state index is 0.114. The van der Waals surface area contributed by atoms with E-state index in [1.54, 1.807) is 0 Å². The van der Waals surface area contributed by atoms with Crippen LogP contribution in [0.2, 0.25) is 5.02 Å². The Kier molecular flexibility index (Phi) is 5.13. The summed E-state index contributed by atoms with van der Waals surface area (Å²) in [6.45, 7) is 1.71. The van der Waals surface area contributed by atoms with Gasteiger partial charge in [-0.3, -0.25) is 5.10 Å². The molecule has 1 fully saturated rings. The van der Waals surface area contributed by atoms with E-state index in [0.717, 1.165) is 54.2 Å². The predicted molar refractivity (Wildman–Crippen MR) is 88.7 cm³/mol. The van der Waals surface area contributed by atoms with Crippen molar-refractivity contribution in [2.24, 2.45) is 5.92 Å². The van der Waals surface area contributed by atoms with Crippen LogP contribution >= 0.6 is 11.6 Å². The Morgan fingerprint density at radius 1 is 1.36 bits per heavy atom. The minimum Gasteiger partial charge on any atom is -0.393 e. The molecule has 0 spiro atoms. The number of aliphatic hydroxyl groups is 1. The van der Waals surface area contributed by atoms with Gasteiger partial charge in [-0.15, -0.1) is 0 Å². The maximum atomic E-state index is 9.73. The van der Waals surface area contributed by atoms with Crippen molar-refractivity contribution < 1.29 is 5.11 Å². The highest BCUT2D eigenvalue weighted by Gasteiger charge is 2.19. The molecule has 0 aliphatic heterocycles. The van der Waals surface area contributed by atoms with E-state index in [1.807, 2.05) is 30.5 Å². The number of halogens is 1. The monoisotopic (exact) mass is 319 g/mol. The summed E-state index contributed by atoms with van der Waals surface area (Å²) in [6.07, 6.45) is 5.95. The highest BCUT2D eigenvalue weighted by atomic mass is 35.5. The van der Waals surface area contributed by atoms with Gasteiger partial charge in [0.1, 0.15) is 0 Å². The van der Waals surface area contributed by atoms with Gasteiger partial charge in [0.25, 0.3) is 0 Å². The lowest BCUT2D eigenvalue weighted by Gasteiger charge is -2.26. The molecule has 1 aromatic heterocycles. The number of nitrogens with one attached hydrogen (secondary N) is 2. The molecule has 4 nitrogen and oxygen atoms in total. The van der Waals surface area contributed by atoms with E-state index in [1.165, 1.54) is 6.42 Å². The fraction of sp³-hybridized carbons (Fsp3) is 0.471. The molecule has 1 aromatic carbocycles. The van der Waals surface area contributed by atoms with Gasteiger partial charge in [0.15, 0.2) is 0 Å². The van der Waals surface area contributed by atoms with E-state index in [4.69, 9.17) is 11.6 Å². The lowest BCUT2D eigenvalue weighted by molar-refractivity contribution is 0.101. The Morgan fingerprint density at radius 2 is 2.27 bits per heavy atom. The Balaban J connectivity index is 1.58. The molecular formula is C17H22ClN3O. The Morgan fingerprint density at radius 3 is 3.09 bits per heavy atom. The number of rotatable bonds is 5. The number of aliphatic hydroxyl groups excluding tert-OH is 1. The van der Waals surface area contributed by atoms with Gasteiger partial charge < -0.3 is 10.4 Å². The Hall–Kier alpha value is -1.36. The summed E-state index contributed by atoms with van der Waals surface area (Å²) in [4.78, 5) is 0. The molecule has 2 aromatic rings. The summed E-state index contributed by atoms with van der Waals surface area (Å²) in [5, 5.41) is 21.2. The molecule has 1 heterocycles. The first kappa shape index (κ1) is 15.5. The first-order valence-electron chi connectivity index (χ1n) is 7.89. The van der Waals surface area contributed by atoms with E-state index >= 15 is 0 Å². The molecule has 1 aliphatic rings. The molecular weight excluding hydrogens is 298 g/mol. The summed E-state index contributed by atoms with van der Waals surface area (Å²) < 4.78 is 0. The van der Waals surface area contributed by atoms with Gasteiger partial charge in [-0.05, 0) is 43.9 Å². The maximum absolute atomic E-state index is 9.73. The molecule has 0 saturated heterocycles. The first-order valence-corrected chi connectivity index (χ1v) is 8.27. The lowest BCUT2D eigenvalue weighted by atomic mass is 9.87. The molecule has 5 heteroatoms. The van der Waals surface area contributed by atoms with Gasteiger partial charge >= 0.3 is 0 Å². The molecule has 3 N–H and O–H groups in total. The molecule has 2 atom stereocenters. The van der Waals surface area contributed by atoms with Crippen LogP contribution in [0.15, 0.2) is 30.5 Å². The Bertz CT molecular complexity index is 613. The van der Waals surface area contributed by atoms with Gasteiger partial charge in [0.05, 0.1) is 18.0 Å². The first-order chi connectivity index (χ1) is 10.7. The molecule has 3 rings (SSSR count). The number of nitrogens with zero attached hydrogens (tertiary/aromatic N) is 1. The van der Waals surface area contributed by atoms with Crippen LogP contribution in [0.5, 0.6) is 0 Å². The molecule has 22 heavy (non-hydrogen) atoms. The summed E-state index contributed by atoms with van der Waals surface area (Å²) in [5.41, 5.74) is 3.20. The van der Waals surface area contributed by atoms with Crippen molar-refractivity contribution in [2.75, 3.05) is 6.54 Å². The van der Waals surface area contributed by atoms with Crippen LogP contribution in [0.25, 0.3) is 11.3 Å². The fourth-order valence-corrected chi connectivity index (χ4v) is 3.39. The van der Waals surface area contributed by atoms with Crippen molar-refractivity contribution in [1.29, 1.82) is 0 Å². The molecule has 0 amide bonds. The van der Waals surface area contributed by atoms with E-state index in [2.05, 4.69) is 15.5 Å². The average molecular weight is 320 g/mol. The number of aromatic amines is 1. The van der Waals surface area contributed by atoms with Crippen molar-refractivity contribution in [3.8, 4) is 11.3 Å². The van der Waals surface area contributed by atoms with Crippen LogP contribution in [-0.4, -0.2) is 28.0 Å². The van der Waals surface area contributed by atoms with Crippen molar-refractivity contribution in [3.05, 3.63) is 41.0 Å². The highest BCUT2D eigenvalue weighted by molar-refractivity contribution is 6.30. The molecule has 0 bridgehead atoms. The van der Waals surface area contributed by atoms with Crippen LogP contribution in [0.1, 0.15) is 31.2 Å². The number of H-pyrrole nitrogens is 1. The maximum Gasteiger partial charge on any atom is 0.0695 e. The van der Waals surface area contributed by atoms with Gasteiger partial charge in [-0.1, -0.05) is 30.2 Å². The topological polar surface area (TPSA) is 60.9 Å². The molecule has 2 unspecified atom stereocenters. The Labute approximate surface area is 135 Å². The largest absolute Gasteiger partial charge is 0.393 e. The van der Waals surface area contributed by atoms with Gasteiger partial charge in [-0.25, -0.2) is 0 Å². The summed E-state index contributed by atoms with van der Waals surface area (Å²) >= 11 is 6.06. The normalized spacial score (nSPS) is 21.9. The average Bonchev–Trinajstić information content (AvgIpc) is 2.96. The van der Waals surface area contributed by atoms with Crippen LogP contribution in [0.4, 0.5) is 0 Å². The number of benzene rings is 1. The quantitative estimate of drug-likeness (QED) is 0.792. The number of aromatic nitrogens is 2. The predicted octanol–water partition coefficient (Wildman–Crippen LogP) is 3.37. The van der Waals surface area contributed by atoms with Crippen molar-refractivity contribution in [3.63, 3.8) is 0 Å². The molecule has 0 radical (unpaired) electrons. The summed E-state index contributed by atoms with van der Waals surface area (Å²) in [5.74, 6) is 0.574. The molecule has 1 aliphatic carbocycles. The smallest absolute Gasteiger partial charge is 0.0695 e. The van der Waals surface area contributed by atoms with Gasteiger partial charge in [0, 0.05) is 22.7 Å². The zero-order chi connectivity index (χ0) is 15.4. The highest BCUT2D eigenvalue weighted by Crippen LogP contribution is 2.25. The second kappa shape index (κ2) is 7.27. The second-order valence-electron chi connectivity index (χ2n) is 6.10. The minimum atomic E-state index is -0.114. The standard InChI is InChI=1S/C17H22ClN3O/c18-15-5-2-4-13(8-15)17-14(11-20-21-17)10-19-9-12-3-1-6-16(22)7-12/h2,4-5,8,11-12,16,19,22H,1,3,6-7,9-10H2,(H,20,21). The van der Waals surface area contributed by atoms with E-state index < -0.39 is 0 Å². The third-order valence-corrected chi connectivity index (χ3v) is 4.57. The van der Waals surface area contributed by atoms with Crippen molar-refractivity contribution >= 4 is 11.6 Å². The zero-order valence-corrected chi connectivity index (χ0v) is 13.3. The van der Waals surface area contributed by atoms with E-state index in [-0.39, 0.29) is 6.10 Å². The molecule has 1 saturated carbocycles. The van der Waals surface area contributed by atoms with Crippen molar-refractivity contribution in [2.45, 2.75) is 38.3 Å². The van der Waals surface area contributed by atoms with E-state index in [0.29, 0.717) is 5.92 Å². The summed E-state index contributed by atoms with van der Waals surface area (Å²) in [7, 11) is 0. The second-order valence-corrected chi connectivity index (χ2v) is 6.53. The number of hydrogen-bond acceptors (Lipinski definition) is 3. The fourth-order valence-electron chi connectivity index (χ4n) is 3.20.